The molecule has 0 aliphatic heterocycles. The summed E-state index contributed by atoms with van der Waals surface area (Å²) < 4.78 is 1.73. The minimum absolute atomic E-state index is 0.0346. The second-order valence-electron chi connectivity index (χ2n) is 3.59. The SMILES string of the molecule is CCn1cc(C(=O)N(C)C(C)CN)cn1. The van der Waals surface area contributed by atoms with E-state index in [1.165, 1.54) is 0 Å². The number of amides is 1. The Hall–Kier alpha value is -1.36. The molecule has 15 heavy (non-hydrogen) atoms. The molecule has 1 aromatic heterocycles. The summed E-state index contributed by atoms with van der Waals surface area (Å²) >= 11 is 0. The van der Waals surface area contributed by atoms with E-state index in [4.69, 9.17) is 5.73 Å². The molecule has 0 radical (unpaired) electrons. The molecule has 1 amide bonds. The van der Waals surface area contributed by atoms with Gasteiger partial charge in [0, 0.05) is 32.4 Å². The average Bonchev–Trinajstić information content (AvgIpc) is 2.74. The largest absolute Gasteiger partial charge is 0.338 e. The van der Waals surface area contributed by atoms with E-state index >= 15 is 0 Å². The maximum Gasteiger partial charge on any atom is 0.257 e. The molecule has 84 valence electrons. The highest BCUT2D eigenvalue weighted by atomic mass is 16.2. The summed E-state index contributed by atoms with van der Waals surface area (Å²) in [5.74, 6) is -0.0346. The number of nitrogens with zero attached hydrogens (tertiary/aromatic N) is 3. The second kappa shape index (κ2) is 4.93. The number of hydrogen-bond donors (Lipinski definition) is 1. The predicted molar refractivity (Wildman–Crippen MR) is 58.5 cm³/mol. The van der Waals surface area contributed by atoms with Crippen LogP contribution in [-0.2, 0) is 6.54 Å². The van der Waals surface area contributed by atoms with Crippen LogP contribution in [0.5, 0.6) is 0 Å². The van der Waals surface area contributed by atoms with Crippen molar-refractivity contribution in [3.8, 4) is 0 Å². The van der Waals surface area contributed by atoms with Crippen LogP contribution in [0.15, 0.2) is 12.4 Å². The number of rotatable bonds is 4. The average molecular weight is 210 g/mol. The zero-order chi connectivity index (χ0) is 11.4. The van der Waals surface area contributed by atoms with Gasteiger partial charge in [-0.05, 0) is 13.8 Å². The number of likely N-dealkylation sites (N-methyl/N-ethyl adjacent to an activating group) is 1. The van der Waals surface area contributed by atoms with Crippen LogP contribution in [0.3, 0.4) is 0 Å². The molecule has 5 nitrogen and oxygen atoms in total. The molecule has 5 heteroatoms. The number of carbonyl (C=O) groups excluding carboxylic acids is 1. The third-order valence-corrected chi connectivity index (χ3v) is 2.53. The van der Waals surface area contributed by atoms with Crippen molar-refractivity contribution in [3.05, 3.63) is 18.0 Å². The summed E-state index contributed by atoms with van der Waals surface area (Å²) in [6, 6.07) is 0.0440. The fourth-order valence-corrected chi connectivity index (χ4v) is 1.21. The van der Waals surface area contributed by atoms with E-state index in [0.717, 1.165) is 6.54 Å². The van der Waals surface area contributed by atoms with Gasteiger partial charge in [-0.1, -0.05) is 0 Å². The molecule has 0 aromatic carbocycles. The van der Waals surface area contributed by atoms with Crippen molar-refractivity contribution in [1.29, 1.82) is 0 Å². The zero-order valence-electron chi connectivity index (χ0n) is 9.47. The van der Waals surface area contributed by atoms with Crippen LogP contribution in [0, 0.1) is 0 Å². The molecule has 1 rings (SSSR count). The minimum atomic E-state index is -0.0346. The van der Waals surface area contributed by atoms with Gasteiger partial charge >= 0.3 is 0 Å². The third kappa shape index (κ3) is 2.56. The van der Waals surface area contributed by atoms with Gasteiger partial charge in [0.2, 0.25) is 0 Å². The van der Waals surface area contributed by atoms with Crippen molar-refractivity contribution in [2.24, 2.45) is 5.73 Å². The van der Waals surface area contributed by atoms with Gasteiger partial charge in [0.25, 0.3) is 5.91 Å². The molecule has 0 spiro atoms. The lowest BCUT2D eigenvalue weighted by atomic mass is 10.2. The molecule has 2 N–H and O–H groups in total. The third-order valence-electron chi connectivity index (χ3n) is 2.53. The molecule has 1 atom stereocenters. The van der Waals surface area contributed by atoms with Gasteiger partial charge < -0.3 is 10.6 Å². The first-order valence-electron chi connectivity index (χ1n) is 5.09. The lowest BCUT2D eigenvalue weighted by Gasteiger charge is -2.22. The molecule has 0 aliphatic rings. The van der Waals surface area contributed by atoms with Crippen LogP contribution in [0.25, 0.3) is 0 Å². The summed E-state index contributed by atoms with van der Waals surface area (Å²) in [5.41, 5.74) is 6.12. The van der Waals surface area contributed by atoms with Crippen molar-refractivity contribution in [1.82, 2.24) is 14.7 Å². The number of aromatic nitrogens is 2. The normalized spacial score (nSPS) is 12.5. The first kappa shape index (κ1) is 11.7. The molecule has 0 bridgehead atoms. The minimum Gasteiger partial charge on any atom is -0.338 e. The molecule has 1 unspecified atom stereocenters. The summed E-state index contributed by atoms with van der Waals surface area (Å²) in [7, 11) is 1.75. The highest BCUT2D eigenvalue weighted by molar-refractivity contribution is 5.93. The quantitative estimate of drug-likeness (QED) is 0.778. The Morgan fingerprint density at radius 2 is 2.40 bits per heavy atom. The zero-order valence-corrected chi connectivity index (χ0v) is 9.47. The van der Waals surface area contributed by atoms with E-state index in [-0.39, 0.29) is 11.9 Å². The Balaban J connectivity index is 2.75. The Morgan fingerprint density at radius 3 is 2.87 bits per heavy atom. The van der Waals surface area contributed by atoms with Crippen molar-refractivity contribution in [2.45, 2.75) is 26.4 Å². The molecule has 0 saturated carbocycles. The van der Waals surface area contributed by atoms with Gasteiger partial charge in [-0.15, -0.1) is 0 Å². The summed E-state index contributed by atoms with van der Waals surface area (Å²) in [6.45, 7) is 5.13. The van der Waals surface area contributed by atoms with Crippen molar-refractivity contribution >= 4 is 5.91 Å². The van der Waals surface area contributed by atoms with Crippen LogP contribution in [0.4, 0.5) is 0 Å². The first-order valence-corrected chi connectivity index (χ1v) is 5.09. The molecule has 1 aromatic rings. The Morgan fingerprint density at radius 1 is 1.73 bits per heavy atom. The number of nitrogens with two attached hydrogens (primary N) is 1. The Kier molecular flexibility index (Phi) is 3.85. The number of carbonyl (C=O) groups is 1. The summed E-state index contributed by atoms with van der Waals surface area (Å²) in [6.07, 6.45) is 3.34. The summed E-state index contributed by atoms with van der Waals surface area (Å²) in [5, 5.41) is 4.06. The first-order chi connectivity index (χ1) is 7.10. The van der Waals surface area contributed by atoms with Gasteiger partial charge in [0.15, 0.2) is 0 Å². The topological polar surface area (TPSA) is 64.2 Å². The smallest absolute Gasteiger partial charge is 0.257 e. The fraction of sp³-hybridized carbons (Fsp3) is 0.600. The lowest BCUT2D eigenvalue weighted by molar-refractivity contribution is 0.0748. The number of aryl methyl sites for hydroxylation is 1. The maximum atomic E-state index is 11.9. The fourth-order valence-electron chi connectivity index (χ4n) is 1.21. The highest BCUT2D eigenvalue weighted by Crippen LogP contribution is 2.05. The van der Waals surface area contributed by atoms with Crippen molar-refractivity contribution in [3.63, 3.8) is 0 Å². The van der Waals surface area contributed by atoms with Gasteiger partial charge in [-0.3, -0.25) is 9.48 Å². The number of hydrogen-bond acceptors (Lipinski definition) is 3. The van der Waals surface area contributed by atoms with Crippen molar-refractivity contribution in [2.75, 3.05) is 13.6 Å². The molecule has 0 aliphatic carbocycles. The van der Waals surface area contributed by atoms with E-state index in [9.17, 15) is 4.79 Å². The van der Waals surface area contributed by atoms with E-state index < -0.39 is 0 Å². The molecule has 0 saturated heterocycles. The Bertz CT molecular complexity index is 334. The lowest BCUT2D eigenvalue weighted by Crippen LogP contribution is -2.39. The van der Waals surface area contributed by atoms with Gasteiger partial charge in [-0.25, -0.2) is 0 Å². The van der Waals surface area contributed by atoms with Crippen LogP contribution in [-0.4, -0.2) is 40.2 Å². The van der Waals surface area contributed by atoms with E-state index in [0.29, 0.717) is 12.1 Å². The van der Waals surface area contributed by atoms with E-state index in [2.05, 4.69) is 5.10 Å². The monoisotopic (exact) mass is 210 g/mol. The van der Waals surface area contributed by atoms with Crippen LogP contribution >= 0.6 is 0 Å². The molecular weight excluding hydrogens is 192 g/mol. The predicted octanol–water partition coefficient (Wildman–Crippen LogP) is 0.322. The molecule has 0 fully saturated rings. The maximum absolute atomic E-state index is 11.9. The molecule has 1 heterocycles. The van der Waals surface area contributed by atoms with Crippen LogP contribution in [0.2, 0.25) is 0 Å². The molecular formula is C10H18N4O. The Labute approximate surface area is 89.9 Å². The van der Waals surface area contributed by atoms with Gasteiger partial charge in [0.1, 0.15) is 0 Å². The van der Waals surface area contributed by atoms with Gasteiger partial charge in [-0.2, -0.15) is 5.10 Å². The van der Waals surface area contributed by atoms with Crippen LogP contribution in [0.1, 0.15) is 24.2 Å². The highest BCUT2D eigenvalue weighted by Gasteiger charge is 2.17. The van der Waals surface area contributed by atoms with E-state index in [1.54, 1.807) is 29.0 Å². The second-order valence-corrected chi connectivity index (χ2v) is 3.59. The van der Waals surface area contributed by atoms with E-state index in [1.807, 2.05) is 13.8 Å². The standard InChI is InChI=1S/C10H18N4O/c1-4-14-7-9(6-12-14)10(15)13(3)8(2)5-11/h6-8H,4-5,11H2,1-3H3. The van der Waals surface area contributed by atoms with Gasteiger partial charge in [0.05, 0.1) is 11.8 Å². The van der Waals surface area contributed by atoms with Crippen molar-refractivity contribution < 1.29 is 4.79 Å². The summed E-state index contributed by atoms with van der Waals surface area (Å²) in [4.78, 5) is 13.5. The van der Waals surface area contributed by atoms with Crippen LogP contribution < -0.4 is 5.73 Å².